The Labute approximate surface area is 138 Å². The molecule has 21 heavy (non-hydrogen) atoms. The summed E-state index contributed by atoms with van der Waals surface area (Å²) in [5.74, 6) is 1.58. The maximum Gasteiger partial charge on any atom is 0.160 e. The first-order valence-corrected chi connectivity index (χ1v) is 8.69. The van der Waals surface area contributed by atoms with Gasteiger partial charge in [-0.15, -0.1) is 11.6 Å². The van der Waals surface area contributed by atoms with Gasteiger partial charge < -0.3 is 9.47 Å². The van der Waals surface area contributed by atoms with E-state index in [4.69, 9.17) is 11.6 Å². The Kier molecular flexibility index (Phi) is 4.52. The molecule has 1 aliphatic rings. The second kappa shape index (κ2) is 6.23. The molecule has 0 saturated carbocycles. The van der Waals surface area contributed by atoms with Crippen LogP contribution in [0.3, 0.4) is 0 Å². The third-order valence-corrected chi connectivity index (χ3v) is 4.82. The molecule has 0 spiro atoms. The van der Waals surface area contributed by atoms with Crippen LogP contribution < -0.4 is 0 Å². The van der Waals surface area contributed by atoms with Crippen LogP contribution in [0, 0.1) is 5.92 Å². The van der Waals surface area contributed by atoms with Gasteiger partial charge in [0, 0.05) is 23.8 Å². The number of aromatic nitrogens is 3. The SMILES string of the molecule is CCN1CCC(Cn2c(C(C)Cl)nc3cc(Br)cnc32)C1. The molecule has 2 unspecified atom stereocenters. The van der Waals surface area contributed by atoms with Crippen molar-refractivity contribution in [3.05, 3.63) is 22.6 Å². The van der Waals surface area contributed by atoms with Gasteiger partial charge in [-0.1, -0.05) is 6.92 Å². The molecule has 3 heterocycles. The fraction of sp³-hybridized carbons (Fsp3) is 0.600. The number of hydrogen-bond acceptors (Lipinski definition) is 3. The molecular weight excluding hydrogens is 352 g/mol. The van der Waals surface area contributed by atoms with E-state index >= 15 is 0 Å². The van der Waals surface area contributed by atoms with Crippen molar-refractivity contribution in [2.75, 3.05) is 19.6 Å². The Morgan fingerprint density at radius 3 is 3.00 bits per heavy atom. The van der Waals surface area contributed by atoms with Gasteiger partial charge >= 0.3 is 0 Å². The quantitative estimate of drug-likeness (QED) is 0.766. The summed E-state index contributed by atoms with van der Waals surface area (Å²) in [6, 6.07) is 2.01. The van der Waals surface area contributed by atoms with Crippen LogP contribution >= 0.6 is 27.5 Å². The summed E-state index contributed by atoms with van der Waals surface area (Å²) >= 11 is 9.78. The predicted octanol–water partition coefficient (Wildman–Crippen LogP) is 3.84. The van der Waals surface area contributed by atoms with E-state index in [-0.39, 0.29) is 5.38 Å². The van der Waals surface area contributed by atoms with Crippen molar-refractivity contribution in [3.8, 4) is 0 Å². The minimum absolute atomic E-state index is 0.110. The van der Waals surface area contributed by atoms with E-state index in [2.05, 4.69) is 42.3 Å². The average Bonchev–Trinajstić information content (AvgIpc) is 3.04. The molecular formula is C15H20BrClN4. The molecule has 0 radical (unpaired) electrons. The van der Waals surface area contributed by atoms with Gasteiger partial charge in [-0.25, -0.2) is 9.97 Å². The molecule has 0 aromatic carbocycles. The number of alkyl halides is 1. The summed E-state index contributed by atoms with van der Waals surface area (Å²) < 4.78 is 3.16. The molecule has 0 amide bonds. The Balaban J connectivity index is 1.94. The third kappa shape index (κ3) is 3.10. The second-order valence-corrected chi connectivity index (χ2v) is 7.31. The number of hydrogen-bond donors (Lipinski definition) is 0. The number of nitrogens with zero attached hydrogens (tertiary/aromatic N) is 4. The first kappa shape index (κ1) is 15.3. The Morgan fingerprint density at radius 2 is 2.33 bits per heavy atom. The van der Waals surface area contributed by atoms with Crippen LogP contribution in [0.5, 0.6) is 0 Å². The van der Waals surface area contributed by atoms with Crippen molar-refractivity contribution >= 4 is 38.7 Å². The average molecular weight is 372 g/mol. The van der Waals surface area contributed by atoms with Crippen LogP contribution in [0.25, 0.3) is 11.2 Å². The standard InChI is InChI=1S/C15H20BrClN4/c1-3-20-5-4-11(8-20)9-21-14(10(2)17)19-13-6-12(16)7-18-15(13)21/h6-7,10-11H,3-5,8-9H2,1-2H3. The molecule has 0 N–H and O–H groups in total. The summed E-state index contributed by atoms with van der Waals surface area (Å²) in [4.78, 5) is 11.7. The van der Waals surface area contributed by atoms with E-state index in [1.165, 1.54) is 13.0 Å². The molecule has 2 atom stereocenters. The van der Waals surface area contributed by atoms with Crippen molar-refractivity contribution in [3.63, 3.8) is 0 Å². The summed E-state index contributed by atoms with van der Waals surface area (Å²) in [6.07, 6.45) is 3.07. The molecule has 6 heteroatoms. The number of fused-ring (bicyclic) bond motifs is 1. The lowest BCUT2D eigenvalue weighted by Gasteiger charge is -2.16. The van der Waals surface area contributed by atoms with Crippen molar-refractivity contribution in [2.45, 2.75) is 32.2 Å². The van der Waals surface area contributed by atoms with Crippen molar-refractivity contribution in [1.82, 2.24) is 19.4 Å². The topological polar surface area (TPSA) is 34.0 Å². The number of pyridine rings is 1. The van der Waals surface area contributed by atoms with Crippen LogP contribution in [-0.2, 0) is 6.54 Å². The molecule has 3 rings (SSSR count). The first-order chi connectivity index (χ1) is 10.1. The summed E-state index contributed by atoms with van der Waals surface area (Å²) in [5, 5.41) is -0.110. The van der Waals surface area contributed by atoms with Gasteiger partial charge in [0.05, 0.1) is 5.38 Å². The van der Waals surface area contributed by atoms with Crippen LogP contribution in [0.2, 0.25) is 0 Å². The number of rotatable bonds is 4. The normalized spacial score (nSPS) is 21.2. The molecule has 0 bridgehead atoms. The van der Waals surface area contributed by atoms with E-state index in [0.29, 0.717) is 5.92 Å². The van der Waals surface area contributed by atoms with Gasteiger partial charge in [0.15, 0.2) is 5.65 Å². The number of likely N-dealkylation sites (tertiary alicyclic amines) is 1. The summed E-state index contributed by atoms with van der Waals surface area (Å²) in [7, 11) is 0. The van der Waals surface area contributed by atoms with Crippen molar-refractivity contribution in [2.24, 2.45) is 5.92 Å². The zero-order chi connectivity index (χ0) is 15.0. The zero-order valence-corrected chi connectivity index (χ0v) is 14.7. The summed E-state index contributed by atoms with van der Waals surface area (Å²) in [6.45, 7) is 8.63. The lowest BCUT2D eigenvalue weighted by atomic mass is 10.1. The smallest absolute Gasteiger partial charge is 0.160 e. The number of halogens is 2. The van der Waals surface area contributed by atoms with Crippen LogP contribution in [-0.4, -0.2) is 39.1 Å². The van der Waals surface area contributed by atoms with Crippen molar-refractivity contribution in [1.29, 1.82) is 0 Å². The maximum atomic E-state index is 6.33. The Bertz CT molecular complexity index is 640. The Morgan fingerprint density at radius 1 is 1.52 bits per heavy atom. The minimum atomic E-state index is -0.110. The fourth-order valence-corrected chi connectivity index (χ4v) is 3.58. The van der Waals surface area contributed by atoms with E-state index < -0.39 is 0 Å². The molecule has 1 fully saturated rings. The van der Waals surface area contributed by atoms with Crippen LogP contribution in [0.15, 0.2) is 16.7 Å². The van der Waals surface area contributed by atoms with Gasteiger partial charge in [0.25, 0.3) is 0 Å². The highest BCUT2D eigenvalue weighted by atomic mass is 79.9. The van der Waals surface area contributed by atoms with Gasteiger partial charge in [0.2, 0.25) is 0 Å². The minimum Gasteiger partial charge on any atom is -0.311 e. The lowest BCUT2D eigenvalue weighted by Crippen LogP contribution is -2.22. The fourth-order valence-electron chi connectivity index (χ4n) is 3.09. The maximum absolute atomic E-state index is 6.33. The highest BCUT2D eigenvalue weighted by molar-refractivity contribution is 9.10. The summed E-state index contributed by atoms with van der Waals surface area (Å²) in [5.41, 5.74) is 1.85. The molecule has 4 nitrogen and oxygen atoms in total. The van der Waals surface area contributed by atoms with Gasteiger partial charge in [-0.2, -0.15) is 0 Å². The van der Waals surface area contributed by atoms with Gasteiger partial charge in [0.1, 0.15) is 11.3 Å². The van der Waals surface area contributed by atoms with Gasteiger partial charge in [-0.05, 0) is 54.3 Å². The lowest BCUT2D eigenvalue weighted by molar-refractivity contribution is 0.332. The van der Waals surface area contributed by atoms with E-state index in [1.807, 2.05) is 19.2 Å². The monoisotopic (exact) mass is 370 g/mol. The van der Waals surface area contributed by atoms with E-state index in [1.54, 1.807) is 0 Å². The van der Waals surface area contributed by atoms with Crippen LogP contribution in [0.1, 0.15) is 31.5 Å². The largest absolute Gasteiger partial charge is 0.311 e. The molecule has 1 aliphatic heterocycles. The zero-order valence-electron chi connectivity index (χ0n) is 12.4. The molecule has 0 aliphatic carbocycles. The highest BCUT2D eigenvalue weighted by Gasteiger charge is 2.24. The Hall–Kier alpha value is -0.650. The molecule has 2 aromatic rings. The highest BCUT2D eigenvalue weighted by Crippen LogP contribution is 2.28. The number of imidazole rings is 1. The first-order valence-electron chi connectivity index (χ1n) is 7.46. The molecule has 114 valence electrons. The molecule has 1 saturated heterocycles. The van der Waals surface area contributed by atoms with Crippen molar-refractivity contribution < 1.29 is 0 Å². The molecule has 2 aromatic heterocycles. The van der Waals surface area contributed by atoms with E-state index in [0.717, 1.165) is 41.1 Å². The van der Waals surface area contributed by atoms with Crippen LogP contribution in [0.4, 0.5) is 0 Å². The van der Waals surface area contributed by atoms with E-state index in [9.17, 15) is 0 Å². The third-order valence-electron chi connectivity index (χ3n) is 4.19. The predicted molar refractivity (Wildman–Crippen MR) is 89.7 cm³/mol. The van der Waals surface area contributed by atoms with Gasteiger partial charge in [-0.3, -0.25) is 0 Å². The second-order valence-electron chi connectivity index (χ2n) is 5.74.